The normalized spacial score (nSPS) is 36.7. The van der Waals surface area contributed by atoms with Gasteiger partial charge in [0.25, 0.3) is 0 Å². The number of nitrogens with two attached hydrogens (primary N) is 1. The summed E-state index contributed by atoms with van der Waals surface area (Å²) in [6, 6.07) is 0. The van der Waals surface area contributed by atoms with E-state index >= 15 is 0 Å². The van der Waals surface area contributed by atoms with Crippen LogP contribution in [0.2, 0.25) is 0 Å². The third-order valence-electron chi connectivity index (χ3n) is 5.27. The molecule has 3 aliphatic rings. The molecular weight excluding hydrogens is 302 g/mol. The molecule has 0 aromatic carbocycles. The van der Waals surface area contributed by atoms with E-state index in [1.54, 1.807) is 27.3 Å². The van der Waals surface area contributed by atoms with Gasteiger partial charge in [0.2, 0.25) is 0 Å². The van der Waals surface area contributed by atoms with Gasteiger partial charge in [0.05, 0.1) is 6.61 Å². The largest absolute Gasteiger partial charge is 0.383 e. The second-order valence-corrected chi connectivity index (χ2v) is 6.56. The summed E-state index contributed by atoms with van der Waals surface area (Å²) in [5, 5.41) is 0. The Labute approximate surface area is 133 Å². The van der Waals surface area contributed by atoms with Crippen LogP contribution in [0.4, 0.5) is 5.82 Å². The molecule has 4 atom stereocenters. The Morgan fingerprint density at radius 3 is 2.78 bits per heavy atom. The molecule has 3 heterocycles. The molecule has 0 radical (unpaired) electrons. The van der Waals surface area contributed by atoms with Crippen molar-refractivity contribution >= 4 is 5.82 Å². The number of nitrogen functional groups attached to an aromatic ring is 1. The maximum absolute atomic E-state index is 12.3. The molecule has 8 nitrogen and oxygen atoms in total. The SMILES string of the molecule is COC[C@@]12OC(n3cc(C)c(N)nc3=O)C(OC13CC3)C2OC. The van der Waals surface area contributed by atoms with Crippen molar-refractivity contribution in [3.05, 3.63) is 22.2 Å². The van der Waals surface area contributed by atoms with Crippen molar-refractivity contribution in [1.29, 1.82) is 0 Å². The van der Waals surface area contributed by atoms with Gasteiger partial charge in [-0.3, -0.25) is 4.57 Å². The summed E-state index contributed by atoms with van der Waals surface area (Å²) < 4.78 is 25.1. The number of fused-ring (bicyclic) bond motifs is 3. The second-order valence-electron chi connectivity index (χ2n) is 6.56. The van der Waals surface area contributed by atoms with Crippen LogP contribution in [-0.2, 0) is 18.9 Å². The number of rotatable bonds is 4. The van der Waals surface area contributed by atoms with Crippen LogP contribution in [0, 0.1) is 6.92 Å². The van der Waals surface area contributed by atoms with E-state index in [0.717, 1.165) is 12.8 Å². The highest BCUT2D eigenvalue weighted by atomic mass is 16.7. The average Bonchev–Trinajstić information content (AvgIpc) is 3.15. The number of ether oxygens (including phenoxy) is 4. The third kappa shape index (κ3) is 1.80. The first-order valence-electron chi connectivity index (χ1n) is 7.71. The smallest absolute Gasteiger partial charge is 0.351 e. The molecule has 1 aromatic heterocycles. The minimum absolute atomic E-state index is 0.226. The highest BCUT2D eigenvalue weighted by Crippen LogP contribution is 2.64. The molecule has 1 spiro atoms. The number of nitrogens with zero attached hydrogens (tertiary/aromatic N) is 2. The van der Waals surface area contributed by atoms with Crippen LogP contribution in [0.1, 0.15) is 24.6 Å². The van der Waals surface area contributed by atoms with E-state index in [4.69, 9.17) is 24.7 Å². The van der Waals surface area contributed by atoms with Gasteiger partial charge in [-0.05, 0) is 19.8 Å². The molecule has 3 fully saturated rings. The number of anilines is 1. The number of aromatic nitrogens is 2. The maximum Gasteiger partial charge on any atom is 0.351 e. The maximum atomic E-state index is 12.3. The van der Waals surface area contributed by atoms with Crippen molar-refractivity contribution < 1.29 is 18.9 Å². The van der Waals surface area contributed by atoms with Crippen molar-refractivity contribution in [2.24, 2.45) is 0 Å². The first kappa shape index (κ1) is 15.1. The summed E-state index contributed by atoms with van der Waals surface area (Å²) in [5.74, 6) is 0.226. The molecule has 4 rings (SSSR count). The third-order valence-corrected chi connectivity index (χ3v) is 5.27. The Hall–Kier alpha value is -1.48. The topological polar surface area (TPSA) is 97.8 Å². The average molecular weight is 323 g/mol. The van der Waals surface area contributed by atoms with E-state index in [9.17, 15) is 4.79 Å². The minimum Gasteiger partial charge on any atom is -0.383 e. The fraction of sp³-hybridized carbons (Fsp3) is 0.733. The van der Waals surface area contributed by atoms with Gasteiger partial charge < -0.3 is 24.7 Å². The molecule has 3 unspecified atom stereocenters. The highest BCUT2D eigenvalue weighted by Gasteiger charge is 2.79. The van der Waals surface area contributed by atoms with E-state index in [1.807, 2.05) is 0 Å². The summed E-state index contributed by atoms with van der Waals surface area (Å²) in [4.78, 5) is 16.1. The van der Waals surface area contributed by atoms with Crippen molar-refractivity contribution in [3.63, 3.8) is 0 Å². The van der Waals surface area contributed by atoms with Crippen LogP contribution < -0.4 is 11.4 Å². The number of hydrogen-bond acceptors (Lipinski definition) is 7. The van der Waals surface area contributed by atoms with Gasteiger partial charge in [-0.2, -0.15) is 4.98 Å². The Balaban J connectivity index is 1.77. The van der Waals surface area contributed by atoms with E-state index in [-0.39, 0.29) is 23.6 Å². The molecule has 2 saturated heterocycles. The van der Waals surface area contributed by atoms with Crippen molar-refractivity contribution in [1.82, 2.24) is 9.55 Å². The second kappa shape index (κ2) is 4.76. The molecular formula is C15H21N3O5. The van der Waals surface area contributed by atoms with Crippen molar-refractivity contribution in [3.8, 4) is 0 Å². The summed E-state index contributed by atoms with van der Waals surface area (Å²) in [6.07, 6.45) is 2.22. The quantitative estimate of drug-likeness (QED) is 0.832. The van der Waals surface area contributed by atoms with Gasteiger partial charge in [-0.1, -0.05) is 0 Å². The van der Waals surface area contributed by atoms with Crippen LogP contribution in [0.15, 0.2) is 11.0 Å². The van der Waals surface area contributed by atoms with Crippen LogP contribution in [-0.4, -0.2) is 53.8 Å². The Morgan fingerprint density at radius 2 is 2.17 bits per heavy atom. The van der Waals surface area contributed by atoms with Crippen LogP contribution in [0.3, 0.4) is 0 Å². The predicted molar refractivity (Wildman–Crippen MR) is 80.0 cm³/mol. The number of aryl methyl sites for hydroxylation is 1. The fourth-order valence-corrected chi connectivity index (χ4v) is 4.03. The van der Waals surface area contributed by atoms with Gasteiger partial charge in [0, 0.05) is 26.0 Å². The fourth-order valence-electron chi connectivity index (χ4n) is 4.03. The Bertz CT molecular complexity index is 701. The molecule has 126 valence electrons. The lowest BCUT2D eigenvalue weighted by atomic mass is 9.91. The molecule has 1 aliphatic carbocycles. The summed E-state index contributed by atoms with van der Waals surface area (Å²) in [7, 11) is 3.26. The van der Waals surface area contributed by atoms with E-state index in [1.165, 1.54) is 4.57 Å². The lowest BCUT2D eigenvalue weighted by Gasteiger charge is -2.38. The van der Waals surface area contributed by atoms with Gasteiger partial charge in [0.1, 0.15) is 23.6 Å². The predicted octanol–water partition coefficient (Wildman–Crippen LogP) is -0.00568. The summed E-state index contributed by atoms with van der Waals surface area (Å²) >= 11 is 0. The number of hydrogen-bond donors (Lipinski definition) is 1. The molecule has 2 bridgehead atoms. The summed E-state index contributed by atoms with van der Waals surface area (Å²) in [6.45, 7) is 2.15. The summed E-state index contributed by atoms with van der Waals surface area (Å²) in [5.41, 5.74) is 4.91. The molecule has 2 aliphatic heterocycles. The zero-order valence-electron chi connectivity index (χ0n) is 13.4. The molecule has 1 saturated carbocycles. The first-order chi connectivity index (χ1) is 11.0. The van der Waals surface area contributed by atoms with Crippen LogP contribution >= 0.6 is 0 Å². The standard InChI is InChI=1S/C15H21N3O5/c1-8-6-18(13(19)17-11(8)16)12-9-10(21-3)15(23-12,7-20-2)14(22-9)4-5-14/h6,9-10,12H,4-5,7H2,1-3H3,(H2,16,17,19)/t9?,10?,12?,15-/m0/s1. The first-order valence-corrected chi connectivity index (χ1v) is 7.71. The Kier molecular flexibility index (Phi) is 3.12. The van der Waals surface area contributed by atoms with Crippen LogP contribution in [0.5, 0.6) is 0 Å². The molecule has 1 aromatic rings. The molecule has 23 heavy (non-hydrogen) atoms. The zero-order chi connectivity index (χ0) is 16.4. The molecule has 8 heteroatoms. The zero-order valence-corrected chi connectivity index (χ0v) is 13.4. The molecule has 0 amide bonds. The van der Waals surface area contributed by atoms with Gasteiger partial charge in [0.15, 0.2) is 11.8 Å². The van der Waals surface area contributed by atoms with Crippen molar-refractivity contribution in [2.75, 3.05) is 26.6 Å². The lowest BCUT2D eigenvalue weighted by molar-refractivity contribution is -0.238. The van der Waals surface area contributed by atoms with E-state index < -0.39 is 17.5 Å². The van der Waals surface area contributed by atoms with Gasteiger partial charge >= 0.3 is 5.69 Å². The van der Waals surface area contributed by atoms with E-state index in [0.29, 0.717) is 12.2 Å². The monoisotopic (exact) mass is 323 g/mol. The van der Waals surface area contributed by atoms with Crippen molar-refractivity contribution in [2.45, 2.75) is 49.4 Å². The van der Waals surface area contributed by atoms with Crippen LogP contribution in [0.25, 0.3) is 0 Å². The van der Waals surface area contributed by atoms with Gasteiger partial charge in [-0.15, -0.1) is 0 Å². The van der Waals surface area contributed by atoms with E-state index in [2.05, 4.69) is 4.98 Å². The number of methoxy groups -OCH3 is 2. The highest BCUT2D eigenvalue weighted by molar-refractivity contribution is 5.35. The minimum atomic E-state index is -0.694. The lowest BCUT2D eigenvalue weighted by Crippen LogP contribution is -2.53. The van der Waals surface area contributed by atoms with Gasteiger partial charge in [-0.25, -0.2) is 4.79 Å². The molecule has 2 N–H and O–H groups in total. The Morgan fingerprint density at radius 1 is 1.43 bits per heavy atom.